The number of nitrogens with two attached hydrogens (primary N) is 3. The van der Waals surface area contributed by atoms with E-state index in [2.05, 4.69) is 63.5 Å². The molecule has 2 fully saturated rings. The molecule has 25 N–H and O–H groups in total. The van der Waals surface area contributed by atoms with E-state index in [-0.39, 0.29) is 126 Å². The number of hydrogen-bond donors (Lipinski definition) is 22. The molecule has 0 aliphatic carbocycles. The highest BCUT2D eigenvalue weighted by Gasteiger charge is 2.43. The van der Waals surface area contributed by atoms with Crippen LogP contribution in [-0.2, 0) is 125 Å². The van der Waals surface area contributed by atoms with Crippen molar-refractivity contribution >= 4 is 163 Å². The molecule has 137 heavy (non-hydrogen) atoms. The maximum absolute atomic E-state index is 15.3. The van der Waals surface area contributed by atoms with Gasteiger partial charge in [0.1, 0.15) is 66.5 Å². The van der Waals surface area contributed by atoms with Crippen LogP contribution >= 0.6 is 23.5 Å². The van der Waals surface area contributed by atoms with Crippen LogP contribution in [0.25, 0.3) is 10.9 Å². The zero-order valence-electron chi connectivity index (χ0n) is 75.8. The van der Waals surface area contributed by atoms with Gasteiger partial charge in [-0.1, -0.05) is 68.4 Å². The number of thioether (sulfide) groups is 2. The normalized spacial score (nSPS) is 22.5. The number of amides is 14. The SMILES string of the molecule is CC(C)C[C@@H]1NC(=O)[C@H](Cc2cccc(NC(=O)CCCS(N)(=O)=O)c2)NC(=O)[C@H](CC(=O)O)NC(=O)[C@H]2CCCN2C(=O)[C@H](CCC(=O)O)NC(=O)[C@@H](NC(=O)[C@H](CCC(N)=O)NC(=O)CN2CCN(CC(=O)O)CCN(CC(=O)O)CCN(CC(=O)O)CC2)CSCc2cccc(c2)CSC[C@@H](C(N)=O)NC(=O)[C@H](CO)NC(=O)C(Cc2c[nH]c3ccccc23)NC(=O)[C@H]([C@@H](C)O)NC1=O. The van der Waals surface area contributed by atoms with E-state index in [1.165, 1.54) is 50.1 Å². The third-order valence-corrected chi connectivity index (χ3v) is 25.3. The van der Waals surface area contributed by atoms with Gasteiger partial charge in [-0.2, -0.15) is 23.5 Å². The van der Waals surface area contributed by atoms with Crippen molar-refractivity contribution in [2.45, 2.75) is 182 Å². The van der Waals surface area contributed by atoms with Crippen molar-refractivity contribution in [3.8, 4) is 0 Å². The molecule has 1 aromatic heterocycles. The number of carboxylic acid groups (broad SMARTS) is 5. The number of carboxylic acids is 5. The first kappa shape index (κ1) is 112. The predicted molar refractivity (Wildman–Crippen MR) is 494 cm³/mol. The molecule has 7 rings (SSSR count). The minimum atomic E-state index is -3.97. The van der Waals surface area contributed by atoms with E-state index in [0.29, 0.717) is 27.6 Å². The van der Waals surface area contributed by atoms with Gasteiger partial charge in [-0.15, -0.1) is 0 Å². The number of nitrogens with one attached hydrogen (secondary N) is 12. The summed E-state index contributed by atoms with van der Waals surface area (Å²) in [4.78, 5) is 274. The lowest BCUT2D eigenvalue weighted by molar-refractivity contribution is -0.145. The first-order chi connectivity index (χ1) is 64.8. The lowest BCUT2D eigenvalue weighted by atomic mass is 9.99. The highest BCUT2D eigenvalue weighted by Crippen LogP contribution is 2.25. The van der Waals surface area contributed by atoms with Gasteiger partial charge in [-0.05, 0) is 91.8 Å². The zero-order chi connectivity index (χ0) is 101. The third-order valence-electron chi connectivity index (χ3n) is 22.3. The number of primary sulfonamides is 1. The Bertz CT molecular complexity index is 5060. The molecular weight excluding hydrogens is 1860 g/mol. The minimum absolute atomic E-state index is 0.0124. The number of carbonyl (C=O) groups excluding carboxylic acids is 14. The van der Waals surface area contributed by atoms with Crippen molar-refractivity contribution < 1.29 is 135 Å². The Morgan fingerprint density at radius 1 is 0.540 bits per heavy atom. The average molecular weight is 1980 g/mol. The molecule has 48 nitrogen and oxygen atoms in total. The van der Waals surface area contributed by atoms with Gasteiger partial charge < -0.3 is 116 Å². The summed E-state index contributed by atoms with van der Waals surface area (Å²) in [5.41, 5.74) is 13.8. The number of aliphatic hydroxyl groups excluding tert-OH is 2. The topological polar surface area (TPSA) is 742 Å². The van der Waals surface area contributed by atoms with Crippen LogP contribution in [0.5, 0.6) is 0 Å². The van der Waals surface area contributed by atoms with Gasteiger partial charge >= 0.3 is 29.8 Å². The number of aromatic amines is 1. The summed E-state index contributed by atoms with van der Waals surface area (Å²) in [6.45, 7) is 0.938. The molecule has 3 aromatic carbocycles. The Labute approximate surface area is 796 Å². The number of primary amides is 2. The summed E-state index contributed by atoms with van der Waals surface area (Å²) >= 11 is 2.11. The number of sulfonamides is 1. The Kier molecular flexibility index (Phi) is 44.8. The van der Waals surface area contributed by atoms with E-state index in [0.717, 1.165) is 35.3 Å². The standard InChI is InChI=1S/C86H122N20O28S3/c1-48(2)32-59-81(127)101-75(49(3)108)85(131)97-61(36-53-38-90-56-15-5-4-14-55(53)56)79(125)98-63(43-107)82(128)99-64(76(88)122)46-135-44-51-11-6-12-52(33-51)45-136-47-65(100-77(123)57(18-20-67(87)109)92-69(111)39-102-23-25-103(40-72(116)117)27-29-105(42-74(120)121)30-28-104(26-24-102)41-73(118)119)83(129)93-58(19-21-70(112)113)86(132)106-22-8-16-66(106)84(130)96-62(37-71(114)115)80(126)95-60(78(124)94-59)35-50-10-7-13-54(34-50)91-68(110)17-9-31-137(89,133)134/h4-7,10-15,33-34,38,48-49,57-66,75,90,107-108H,8-9,16-32,35-37,39-47H2,1-3H3,(H2,87,109)(H2,88,122)(H,91,110)(H,92,111)(H,93,129)(H,94,124)(H,95,126)(H,96,130)(H,97,131)(H,98,125)(H,99,128)(H,100,123)(H,101,127)(H,112,113)(H,114,115)(H,116,117)(H,118,119)(H,120,121)(H2,89,133,134)/t49-,57+,58+,59+,60+,61?,62+,63+,64+,65+,66-,75+/m1/s1. The predicted octanol–water partition coefficient (Wildman–Crippen LogP) is -6.04. The Morgan fingerprint density at radius 3 is 1.64 bits per heavy atom. The number of anilines is 1. The summed E-state index contributed by atoms with van der Waals surface area (Å²) in [6.07, 6.45) is -6.08. The summed E-state index contributed by atoms with van der Waals surface area (Å²) in [6, 6.07) is -0.658. The maximum Gasteiger partial charge on any atom is 0.317 e. The highest BCUT2D eigenvalue weighted by molar-refractivity contribution is 7.98. The molecule has 12 atom stereocenters. The fourth-order valence-electron chi connectivity index (χ4n) is 15.3. The van der Waals surface area contributed by atoms with Crippen LogP contribution in [-0.4, -0.2) is 368 Å². The molecule has 752 valence electrons. The van der Waals surface area contributed by atoms with Gasteiger partial charge in [0, 0.05) is 137 Å². The quantitative estimate of drug-likeness (QED) is 0.0211. The lowest BCUT2D eigenvalue weighted by Crippen LogP contribution is -2.62. The van der Waals surface area contributed by atoms with E-state index < -0.39 is 284 Å². The molecule has 2 bridgehead atoms. The van der Waals surface area contributed by atoms with Crippen LogP contribution in [0.4, 0.5) is 5.69 Å². The number of aliphatic hydroxyl groups is 2. The summed E-state index contributed by atoms with van der Waals surface area (Å²) < 4.78 is 23.4. The van der Waals surface area contributed by atoms with Gasteiger partial charge in [0.2, 0.25) is 92.7 Å². The van der Waals surface area contributed by atoms with Crippen LogP contribution in [0.3, 0.4) is 0 Å². The van der Waals surface area contributed by atoms with Crippen molar-refractivity contribution in [2.24, 2.45) is 22.5 Å². The Morgan fingerprint density at radius 2 is 1.07 bits per heavy atom. The number of hydrogen-bond acceptors (Lipinski definition) is 29. The molecule has 51 heteroatoms. The summed E-state index contributed by atoms with van der Waals surface area (Å²) in [5, 5.41) is 105. The number of nitrogens with zero attached hydrogens (tertiary/aromatic N) is 5. The molecule has 3 aliphatic rings. The second-order valence-electron chi connectivity index (χ2n) is 33.9. The van der Waals surface area contributed by atoms with Gasteiger partial charge in [0.25, 0.3) is 0 Å². The highest BCUT2D eigenvalue weighted by atomic mass is 32.2. The maximum atomic E-state index is 15.3. The molecule has 4 heterocycles. The van der Waals surface area contributed by atoms with Crippen LogP contribution in [0.1, 0.15) is 107 Å². The number of H-pyrrole nitrogens is 1. The number of aromatic nitrogens is 1. The summed E-state index contributed by atoms with van der Waals surface area (Å²) in [7, 11) is -3.97. The summed E-state index contributed by atoms with van der Waals surface area (Å²) in [5.74, 6) is -23.8. The van der Waals surface area contributed by atoms with Gasteiger partial charge in [-0.25, -0.2) is 13.6 Å². The Hall–Kier alpha value is -12.5. The molecule has 0 radical (unpaired) electrons. The first-order valence-corrected chi connectivity index (χ1v) is 48.2. The van der Waals surface area contributed by atoms with Crippen molar-refractivity contribution in [3.63, 3.8) is 0 Å². The van der Waals surface area contributed by atoms with Gasteiger partial charge in [0.05, 0.1) is 51.1 Å². The fraction of sp³-hybridized carbons (Fsp3) is 0.547. The van der Waals surface area contributed by atoms with E-state index in [4.69, 9.17) is 16.6 Å². The van der Waals surface area contributed by atoms with Crippen LogP contribution < -0.4 is 75.1 Å². The van der Waals surface area contributed by atoms with Crippen molar-refractivity contribution in [1.82, 2.24) is 82.7 Å². The average Bonchev–Trinajstić information content (AvgIpc) is 1.68. The molecule has 4 aromatic rings. The Balaban J connectivity index is 1.28. The molecular formula is C86H122N20O28S3. The molecule has 3 aliphatic heterocycles. The van der Waals surface area contributed by atoms with Crippen molar-refractivity contribution in [1.29, 1.82) is 0 Å². The monoisotopic (exact) mass is 1980 g/mol. The second kappa shape index (κ2) is 55.0. The van der Waals surface area contributed by atoms with Crippen molar-refractivity contribution in [2.75, 3.05) is 114 Å². The second-order valence-corrected chi connectivity index (χ2v) is 37.7. The lowest BCUT2D eigenvalue weighted by Gasteiger charge is -2.33. The fourth-order valence-corrected chi connectivity index (χ4v) is 17.9. The van der Waals surface area contributed by atoms with Gasteiger partial charge in [0.15, 0.2) is 0 Å². The van der Waals surface area contributed by atoms with Gasteiger partial charge in [-0.3, -0.25) is 111 Å². The molecule has 1 unspecified atom stereocenters. The third kappa shape index (κ3) is 38.9. The van der Waals surface area contributed by atoms with E-state index >= 15 is 14.4 Å². The van der Waals surface area contributed by atoms with E-state index in [9.17, 15) is 121 Å². The van der Waals surface area contributed by atoms with Crippen LogP contribution in [0.2, 0.25) is 0 Å². The minimum Gasteiger partial charge on any atom is -0.481 e. The zero-order valence-corrected chi connectivity index (χ0v) is 78.3. The number of rotatable bonds is 33. The number of aliphatic carboxylic acids is 5. The number of fused-ring (bicyclic) bond motifs is 4. The van der Waals surface area contributed by atoms with Crippen LogP contribution in [0.15, 0.2) is 79.0 Å². The molecule has 0 spiro atoms. The van der Waals surface area contributed by atoms with Crippen molar-refractivity contribution in [3.05, 3.63) is 101 Å². The molecule has 14 amide bonds. The number of carbonyl (C=O) groups is 19. The number of benzene rings is 3. The number of para-hydroxylation sites is 1. The van der Waals surface area contributed by atoms with E-state index in [1.807, 2.05) is 0 Å². The first-order valence-electron chi connectivity index (χ1n) is 44.2. The smallest absolute Gasteiger partial charge is 0.317 e. The molecule has 0 saturated carbocycles. The largest absolute Gasteiger partial charge is 0.481 e. The van der Waals surface area contributed by atoms with Crippen LogP contribution in [0, 0.1) is 5.92 Å². The van der Waals surface area contributed by atoms with E-state index in [1.54, 1.807) is 62.4 Å². The molecule has 2 saturated heterocycles.